The van der Waals surface area contributed by atoms with Gasteiger partial charge in [-0.05, 0) is 115 Å². The Labute approximate surface area is 249 Å². The quantitative estimate of drug-likeness (QED) is 0.339. The maximum Gasteiger partial charge on any atom is 0.410 e. The number of likely N-dealkylation sites (tertiary alicyclic amines) is 2. The van der Waals surface area contributed by atoms with Crippen LogP contribution in [0.3, 0.4) is 0 Å². The average molecular weight is 571 g/mol. The number of benzene rings is 1. The summed E-state index contributed by atoms with van der Waals surface area (Å²) in [6.07, 6.45) is 15.5. The monoisotopic (exact) mass is 570 g/mol. The Morgan fingerprint density at radius 2 is 1.48 bits per heavy atom. The van der Waals surface area contributed by atoms with Gasteiger partial charge in [0.1, 0.15) is 17.2 Å². The Hall–Kier alpha value is -3.13. The molecule has 4 heterocycles. The van der Waals surface area contributed by atoms with E-state index in [-0.39, 0.29) is 23.0 Å². The number of nitrogens with zero attached hydrogens (tertiary/aromatic N) is 4. The van der Waals surface area contributed by atoms with Crippen LogP contribution in [0.4, 0.5) is 4.79 Å². The molecule has 5 fully saturated rings. The summed E-state index contributed by atoms with van der Waals surface area (Å²) in [5.74, 6) is 2.01. The van der Waals surface area contributed by atoms with Crippen LogP contribution in [-0.4, -0.2) is 61.6 Å². The molecule has 8 nitrogen and oxygen atoms in total. The van der Waals surface area contributed by atoms with Gasteiger partial charge in [0.25, 0.3) is 0 Å². The van der Waals surface area contributed by atoms with Crippen molar-refractivity contribution in [2.45, 2.75) is 113 Å². The van der Waals surface area contributed by atoms with Crippen LogP contribution in [0.5, 0.6) is 0 Å². The molecule has 8 rings (SSSR count). The van der Waals surface area contributed by atoms with Gasteiger partial charge in [0.05, 0.1) is 24.0 Å². The van der Waals surface area contributed by atoms with E-state index in [1.54, 1.807) is 0 Å². The zero-order valence-corrected chi connectivity index (χ0v) is 25.7. The highest BCUT2D eigenvalue weighted by molar-refractivity contribution is 5.69. The molecule has 0 spiro atoms. The van der Waals surface area contributed by atoms with Gasteiger partial charge in [0.2, 0.25) is 0 Å². The molecule has 0 radical (unpaired) electrons. The molecule has 1 amide bonds. The highest BCUT2D eigenvalue weighted by atomic mass is 16.6. The summed E-state index contributed by atoms with van der Waals surface area (Å²) < 4.78 is 5.65. The molecule has 42 heavy (non-hydrogen) atoms. The number of hydrogen-bond donors (Lipinski definition) is 2. The fourth-order valence-electron chi connectivity index (χ4n) is 8.30. The molecule has 2 atom stereocenters. The lowest BCUT2D eigenvalue weighted by Gasteiger charge is -2.53. The van der Waals surface area contributed by atoms with Crippen LogP contribution >= 0.6 is 0 Å². The van der Waals surface area contributed by atoms with Crippen LogP contribution in [-0.2, 0) is 15.6 Å². The maximum absolute atomic E-state index is 12.8. The molecule has 3 saturated carbocycles. The SMILES string of the molecule is CN1CCCC1c1ncc(C23CCC(c4ccc(-c5cnc(C6CCCN6C(=O)OC(C)(C)C)[nH]5)cc4)(CC2)CC3)[nH]1. The number of nitrogens with one attached hydrogen (secondary N) is 2. The largest absolute Gasteiger partial charge is 0.444 e. The molecule has 5 aliphatic rings. The first kappa shape index (κ1) is 27.7. The Bertz CT molecular complexity index is 1410. The third-order valence-electron chi connectivity index (χ3n) is 10.8. The summed E-state index contributed by atoms with van der Waals surface area (Å²) in [7, 11) is 2.22. The van der Waals surface area contributed by atoms with E-state index in [4.69, 9.17) is 14.7 Å². The number of rotatable bonds is 5. The molecule has 2 N–H and O–H groups in total. The normalized spacial score (nSPS) is 29.9. The second-order valence-electron chi connectivity index (χ2n) is 14.5. The molecule has 8 heteroatoms. The van der Waals surface area contributed by atoms with Crippen molar-refractivity contribution < 1.29 is 9.53 Å². The third-order valence-corrected chi connectivity index (χ3v) is 10.8. The number of H-pyrrole nitrogens is 2. The van der Waals surface area contributed by atoms with Gasteiger partial charge in [-0.2, -0.15) is 0 Å². The van der Waals surface area contributed by atoms with E-state index < -0.39 is 5.60 Å². The van der Waals surface area contributed by atoms with Crippen LogP contribution in [0.15, 0.2) is 36.7 Å². The molecule has 2 aliphatic heterocycles. The van der Waals surface area contributed by atoms with Crippen molar-refractivity contribution >= 4 is 6.09 Å². The first-order chi connectivity index (χ1) is 20.1. The minimum Gasteiger partial charge on any atom is -0.444 e. The summed E-state index contributed by atoms with van der Waals surface area (Å²) in [5.41, 5.74) is 5.04. The minimum absolute atomic E-state index is 0.0680. The fourth-order valence-corrected chi connectivity index (χ4v) is 8.30. The van der Waals surface area contributed by atoms with Crippen LogP contribution in [0, 0.1) is 0 Å². The number of aromatic nitrogens is 4. The van der Waals surface area contributed by atoms with Gasteiger partial charge >= 0.3 is 6.09 Å². The number of ether oxygens (including phenoxy) is 1. The van der Waals surface area contributed by atoms with Gasteiger partial charge in [-0.3, -0.25) is 9.80 Å². The van der Waals surface area contributed by atoms with E-state index in [0.717, 1.165) is 29.9 Å². The maximum atomic E-state index is 12.8. The number of amides is 1. The van der Waals surface area contributed by atoms with Crippen molar-refractivity contribution in [2.24, 2.45) is 0 Å². The van der Waals surface area contributed by atoms with Crippen molar-refractivity contribution in [3.63, 3.8) is 0 Å². The molecule has 2 saturated heterocycles. The number of hydrogen-bond acceptors (Lipinski definition) is 5. The Kier molecular flexibility index (Phi) is 6.76. The third kappa shape index (κ3) is 4.85. The topological polar surface area (TPSA) is 90.1 Å². The summed E-state index contributed by atoms with van der Waals surface area (Å²) in [6.45, 7) is 7.60. The van der Waals surface area contributed by atoms with Gasteiger partial charge in [-0.25, -0.2) is 14.8 Å². The van der Waals surface area contributed by atoms with Crippen LogP contribution < -0.4 is 0 Å². The summed E-state index contributed by atoms with van der Waals surface area (Å²) in [5, 5.41) is 0. The van der Waals surface area contributed by atoms with Crippen molar-refractivity contribution in [1.29, 1.82) is 0 Å². The van der Waals surface area contributed by atoms with Gasteiger partial charge in [-0.1, -0.05) is 24.3 Å². The zero-order valence-electron chi connectivity index (χ0n) is 25.7. The summed E-state index contributed by atoms with van der Waals surface area (Å²) >= 11 is 0. The van der Waals surface area contributed by atoms with E-state index >= 15 is 0 Å². The molecule has 3 aromatic rings. The van der Waals surface area contributed by atoms with Crippen molar-refractivity contribution in [1.82, 2.24) is 29.7 Å². The fraction of sp³-hybridized carbons (Fsp3) is 0.618. The second-order valence-corrected chi connectivity index (χ2v) is 14.5. The van der Waals surface area contributed by atoms with Crippen LogP contribution in [0.25, 0.3) is 11.3 Å². The molecular weight excluding hydrogens is 524 g/mol. The highest BCUT2D eigenvalue weighted by Crippen LogP contribution is 2.58. The zero-order chi connectivity index (χ0) is 29.1. The number of fused-ring (bicyclic) bond motifs is 3. The number of imidazole rings is 2. The number of aromatic amines is 2. The first-order valence-corrected chi connectivity index (χ1v) is 16.1. The summed E-state index contributed by atoms with van der Waals surface area (Å²) in [6, 6.07) is 9.57. The lowest BCUT2D eigenvalue weighted by atomic mass is 9.51. The van der Waals surface area contributed by atoms with Gasteiger partial charge in [-0.15, -0.1) is 0 Å². The molecule has 3 aliphatic carbocycles. The molecule has 2 bridgehead atoms. The van der Waals surface area contributed by atoms with Crippen molar-refractivity contribution in [2.75, 3.05) is 20.1 Å². The van der Waals surface area contributed by atoms with Crippen LogP contribution in [0.1, 0.15) is 120 Å². The van der Waals surface area contributed by atoms with E-state index in [0.29, 0.717) is 12.6 Å². The van der Waals surface area contributed by atoms with E-state index in [1.165, 1.54) is 75.0 Å². The van der Waals surface area contributed by atoms with Crippen LogP contribution in [0.2, 0.25) is 0 Å². The highest BCUT2D eigenvalue weighted by Gasteiger charge is 2.51. The lowest BCUT2D eigenvalue weighted by Crippen LogP contribution is -2.46. The second kappa shape index (κ2) is 10.2. The van der Waals surface area contributed by atoms with E-state index in [2.05, 4.69) is 52.4 Å². The van der Waals surface area contributed by atoms with Gasteiger partial charge in [0, 0.05) is 23.9 Å². The standard InChI is InChI=1S/C34H46N6O2/c1-32(2,3)42-31(41)40-20-6-8-27(40)30-35-21-25(37-30)23-9-11-24(12-10-23)33-13-16-34(17-14-33,18-15-33)28-22-36-29(38-28)26-7-5-19-39(26)4/h9-12,21-22,26-27H,5-8,13-20H2,1-4H3,(H,35,37)(H,36,38). The molecule has 2 unspecified atom stereocenters. The number of carbonyl (C=O) groups excluding carboxylic acids is 1. The number of carbonyl (C=O) groups is 1. The molecule has 224 valence electrons. The average Bonchev–Trinajstić information content (AvgIpc) is 3.80. The lowest BCUT2D eigenvalue weighted by molar-refractivity contribution is 0.0218. The predicted octanol–water partition coefficient (Wildman–Crippen LogP) is 7.18. The molecular formula is C34H46N6O2. The van der Waals surface area contributed by atoms with Gasteiger partial charge in [0.15, 0.2) is 0 Å². The smallest absolute Gasteiger partial charge is 0.410 e. The predicted molar refractivity (Wildman–Crippen MR) is 163 cm³/mol. The Morgan fingerprint density at radius 3 is 2.14 bits per heavy atom. The summed E-state index contributed by atoms with van der Waals surface area (Å²) in [4.78, 5) is 34.0. The van der Waals surface area contributed by atoms with E-state index in [1.807, 2.05) is 31.9 Å². The van der Waals surface area contributed by atoms with Crippen molar-refractivity contribution in [3.8, 4) is 11.3 Å². The molecule has 2 aromatic heterocycles. The Balaban J connectivity index is 1.02. The van der Waals surface area contributed by atoms with Crippen molar-refractivity contribution in [3.05, 3.63) is 59.6 Å². The Morgan fingerprint density at radius 1 is 0.857 bits per heavy atom. The minimum atomic E-state index is -0.507. The first-order valence-electron chi connectivity index (χ1n) is 16.1. The van der Waals surface area contributed by atoms with Gasteiger partial charge < -0.3 is 14.7 Å². The van der Waals surface area contributed by atoms with E-state index in [9.17, 15) is 4.79 Å². The molecule has 1 aromatic carbocycles.